The van der Waals surface area contributed by atoms with Gasteiger partial charge < -0.3 is 4.74 Å². The number of benzene rings is 1. The van der Waals surface area contributed by atoms with Crippen molar-refractivity contribution >= 4 is 10.0 Å². The van der Waals surface area contributed by atoms with Gasteiger partial charge in [-0.2, -0.15) is 5.10 Å². The molecule has 2 aromatic rings. The minimum atomic E-state index is -3.66. The van der Waals surface area contributed by atoms with Crippen LogP contribution in [0.4, 0.5) is 4.39 Å². The number of aromatic nitrogens is 2. The van der Waals surface area contributed by atoms with E-state index in [2.05, 4.69) is 9.82 Å². The largest absolute Gasteiger partial charge is 0.376 e. The molecule has 6 nitrogen and oxygen atoms in total. The summed E-state index contributed by atoms with van der Waals surface area (Å²) >= 11 is 0. The molecule has 1 aromatic heterocycles. The summed E-state index contributed by atoms with van der Waals surface area (Å²) in [6.45, 7) is 3.43. The van der Waals surface area contributed by atoms with Crippen LogP contribution in [0, 0.1) is 12.7 Å². The third kappa shape index (κ3) is 3.44. The Morgan fingerprint density at radius 2 is 2.26 bits per heavy atom. The first-order chi connectivity index (χ1) is 11.0. The monoisotopic (exact) mass is 339 g/mol. The van der Waals surface area contributed by atoms with Crippen LogP contribution in [0.15, 0.2) is 29.3 Å². The third-order valence-electron chi connectivity index (χ3n) is 3.82. The summed E-state index contributed by atoms with van der Waals surface area (Å²) in [5, 5.41) is 4.27. The van der Waals surface area contributed by atoms with Gasteiger partial charge in [-0.3, -0.25) is 4.68 Å². The van der Waals surface area contributed by atoms with Gasteiger partial charge in [-0.1, -0.05) is 0 Å². The van der Waals surface area contributed by atoms with E-state index in [1.54, 1.807) is 17.8 Å². The molecule has 1 N–H and O–H groups in total. The van der Waals surface area contributed by atoms with Crippen molar-refractivity contribution in [3.63, 3.8) is 0 Å². The maximum absolute atomic E-state index is 13.1. The molecule has 1 aromatic carbocycles. The van der Waals surface area contributed by atoms with Crippen LogP contribution < -0.4 is 4.72 Å². The predicted octanol–water partition coefficient (Wildman–Crippen LogP) is 1.38. The fourth-order valence-electron chi connectivity index (χ4n) is 2.68. The highest BCUT2D eigenvalue weighted by atomic mass is 32.2. The zero-order valence-corrected chi connectivity index (χ0v) is 13.6. The van der Waals surface area contributed by atoms with Gasteiger partial charge in [0.05, 0.1) is 30.9 Å². The highest BCUT2D eigenvalue weighted by Crippen LogP contribution is 2.17. The van der Waals surface area contributed by atoms with Crippen molar-refractivity contribution in [2.75, 3.05) is 13.2 Å². The van der Waals surface area contributed by atoms with Crippen LogP contribution in [0.1, 0.15) is 16.8 Å². The quantitative estimate of drug-likeness (QED) is 0.893. The average Bonchev–Trinajstić information content (AvgIpc) is 2.90. The van der Waals surface area contributed by atoms with Gasteiger partial charge in [0.2, 0.25) is 10.0 Å². The van der Waals surface area contributed by atoms with E-state index in [0.29, 0.717) is 25.3 Å². The molecule has 3 rings (SSSR count). The number of aryl methyl sites for hydroxylation is 1. The van der Waals surface area contributed by atoms with Gasteiger partial charge in [-0.05, 0) is 30.7 Å². The Morgan fingerprint density at radius 1 is 1.43 bits per heavy atom. The molecule has 23 heavy (non-hydrogen) atoms. The van der Waals surface area contributed by atoms with Crippen LogP contribution in [0.2, 0.25) is 0 Å². The van der Waals surface area contributed by atoms with Crippen LogP contribution in [0.5, 0.6) is 0 Å². The second kappa shape index (κ2) is 6.38. The lowest BCUT2D eigenvalue weighted by Gasteiger charge is -2.15. The van der Waals surface area contributed by atoms with Crippen LogP contribution in [-0.2, 0) is 34.3 Å². The van der Waals surface area contributed by atoms with Crippen LogP contribution in [0.3, 0.4) is 0 Å². The Labute approximate surface area is 134 Å². The van der Waals surface area contributed by atoms with Gasteiger partial charge in [-0.15, -0.1) is 0 Å². The minimum absolute atomic E-state index is 0.0924. The van der Waals surface area contributed by atoms with Crippen molar-refractivity contribution in [1.29, 1.82) is 0 Å². The molecule has 0 bridgehead atoms. The SMILES string of the molecule is Cc1cc(F)ccc1S(=O)(=O)NCCn1ncc2c1CCOC2. The lowest BCUT2D eigenvalue weighted by atomic mass is 10.2. The average molecular weight is 339 g/mol. The fraction of sp³-hybridized carbons (Fsp3) is 0.400. The molecule has 0 saturated carbocycles. The van der Waals surface area contributed by atoms with Crippen molar-refractivity contribution in [3.8, 4) is 0 Å². The summed E-state index contributed by atoms with van der Waals surface area (Å²) in [7, 11) is -3.66. The molecule has 0 saturated heterocycles. The zero-order valence-electron chi connectivity index (χ0n) is 12.8. The fourth-order valence-corrected chi connectivity index (χ4v) is 3.93. The third-order valence-corrected chi connectivity index (χ3v) is 5.44. The van der Waals surface area contributed by atoms with Crippen molar-refractivity contribution < 1.29 is 17.5 Å². The van der Waals surface area contributed by atoms with E-state index in [1.807, 2.05) is 0 Å². The normalized spacial score (nSPS) is 14.7. The summed E-state index contributed by atoms with van der Waals surface area (Å²) in [6, 6.07) is 3.63. The van der Waals surface area contributed by atoms with E-state index in [-0.39, 0.29) is 11.4 Å². The lowest BCUT2D eigenvalue weighted by molar-refractivity contribution is 0.109. The van der Waals surface area contributed by atoms with Crippen molar-refractivity contribution in [3.05, 3.63) is 47.0 Å². The summed E-state index contributed by atoms with van der Waals surface area (Å²) in [5.74, 6) is -0.452. The topological polar surface area (TPSA) is 73.2 Å². The first-order valence-corrected chi connectivity index (χ1v) is 8.83. The number of nitrogens with one attached hydrogen (secondary N) is 1. The summed E-state index contributed by atoms with van der Waals surface area (Å²) in [5.41, 5.74) is 2.52. The molecule has 0 aliphatic carbocycles. The Hall–Kier alpha value is -1.77. The molecule has 0 spiro atoms. The number of rotatable bonds is 5. The number of sulfonamides is 1. The molecule has 0 amide bonds. The van der Waals surface area contributed by atoms with Gasteiger partial charge in [-0.25, -0.2) is 17.5 Å². The van der Waals surface area contributed by atoms with E-state index in [4.69, 9.17) is 4.74 Å². The van der Waals surface area contributed by atoms with Crippen molar-refractivity contribution in [2.24, 2.45) is 0 Å². The molecule has 0 unspecified atom stereocenters. The highest BCUT2D eigenvalue weighted by molar-refractivity contribution is 7.89. The Morgan fingerprint density at radius 3 is 3.04 bits per heavy atom. The summed E-state index contributed by atoms with van der Waals surface area (Å²) < 4.78 is 47.4. The van der Waals surface area contributed by atoms with Crippen LogP contribution in [-0.4, -0.2) is 31.3 Å². The molecule has 124 valence electrons. The molecule has 0 radical (unpaired) electrons. The van der Waals surface area contributed by atoms with Gasteiger partial charge in [0.1, 0.15) is 5.82 Å². The molecular weight excluding hydrogens is 321 g/mol. The number of halogens is 1. The Balaban J connectivity index is 1.67. The molecule has 0 fully saturated rings. The van der Waals surface area contributed by atoms with Gasteiger partial charge >= 0.3 is 0 Å². The summed E-state index contributed by atoms with van der Waals surface area (Å²) in [6.07, 6.45) is 2.53. The van der Waals surface area contributed by atoms with E-state index in [9.17, 15) is 12.8 Å². The summed E-state index contributed by atoms with van der Waals surface area (Å²) in [4.78, 5) is 0.0924. The number of nitrogens with zero attached hydrogens (tertiary/aromatic N) is 2. The molecule has 0 atom stereocenters. The molecule has 1 aliphatic heterocycles. The van der Waals surface area contributed by atoms with Crippen molar-refractivity contribution in [1.82, 2.24) is 14.5 Å². The zero-order chi connectivity index (χ0) is 16.4. The highest BCUT2D eigenvalue weighted by Gasteiger charge is 2.18. The van der Waals surface area contributed by atoms with Gasteiger partial charge in [0.15, 0.2) is 0 Å². The van der Waals surface area contributed by atoms with Crippen LogP contribution >= 0.6 is 0 Å². The number of ether oxygens (including phenoxy) is 1. The van der Waals surface area contributed by atoms with E-state index in [1.165, 1.54) is 12.1 Å². The number of hydrogen-bond donors (Lipinski definition) is 1. The second-order valence-electron chi connectivity index (χ2n) is 5.45. The predicted molar refractivity (Wildman–Crippen MR) is 81.9 cm³/mol. The number of hydrogen-bond acceptors (Lipinski definition) is 4. The van der Waals surface area contributed by atoms with Crippen LogP contribution in [0.25, 0.3) is 0 Å². The molecule has 1 aliphatic rings. The van der Waals surface area contributed by atoms with Gasteiger partial charge in [0.25, 0.3) is 0 Å². The minimum Gasteiger partial charge on any atom is -0.376 e. The number of fused-ring (bicyclic) bond motifs is 1. The van der Waals surface area contributed by atoms with Gasteiger partial charge in [0, 0.05) is 24.2 Å². The second-order valence-corrected chi connectivity index (χ2v) is 7.19. The Bertz CT molecular complexity index is 817. The first-order valence-electron chi connectivity index (χ1n) is 7.34. The maximum Gasteiger partial charge on any atom is 0.240 e. The van der Waals surface area contributed by atoms with E-state index < -0.39 is 15.8 Å². The van der Waals surface area contributed by atoms with E-state index in [0.717, 1.165) is 23.7 Å². The smallest absolute Gasteiger partial charge is 0.240 e. The molecule has 8 heteroatoms. The standard InChI is InChI=1S/C15H18FN3O3S/c1-11-8-13(16)2-3-15(11)23(20,21)18-5-6-19-14-4-7-22-10-12(14)9-17-19/h2-3,8-9,18H,4-7,10H2,1H3. The van der Waals surface area contributed by atoms with E-state index >= 15 is 0 Å². The Kier molecular flexibility index (Phi) is 4.47. The molecular formula is C15H18FN3O3S. The van der Waals surface area contributed by atoms with Crippen molar-refractivity contribution in [2.45, 2.75) is 31.4 Å². The maximum atomic E-state index is 13.1. The first kappa shape index (κ1) is 16.1. The molecule has 2 heterocycles. The lowest BCUT2D eigenvalue weighted by Crippen LogP contribution is -2.29.